The van der Waals surface area contributed by atoms with Crippen LogP contribution in [0, 0.1) is 0 Å². The van der Waals surface area contributed by atoms with Gasteiger partial charge < -0.3 is 69.3 Å². The number of carbonyl (C=O) groups excluding carboxylic acids is 6. The average Bonchev–Trinajstić information content (AvgIpc) is 3.96. The smallest absolute Gasteiger partial charge is 0.326 e. The molecule has 2 aliphatic rings. The number of hydrogen-bond acceptors (Lipinski definition) is 12. The first-order valence-corrected chi connectivity index (χ1v) is 22.5. The molecule has 1 aromatic carbocycles. The van der Waals surface area contributed by atoms with E-state index in [2.05, 4.69) is 26.3 Å². The maximum atomic E-state index is 14.3. The summed E-state index contributed by atoms with van der Waals surface area (Å²) in [5.41, 5.74) is 23.2. The highest BCUT2D eigenvalue weighted by atomic mass is 16.4. The van der Waals surface area contributed by atoms with E-state index >= 15 is 0 Å². The number of unbranched alkanes of at least 4 members (excludes halogenated alkanes) is 5. The largest absolute Gasteiger partial charge is 0.508 e. The molecule has 3 rings (SSSR count). The molecule has 0 aromatic heterocycles. The second-order valence-electron chi connectivity index (χ2n) is 16.6. The molecule has 6 amide bonds. The number of aromatic hydroxyl groups is 1. The van der Waals surface area contributed by atoms with Crippen LogP contribution in [0.3, 0.4) is 0 Å². The van der Waals surface area contributed by atoms with E-state index in [4.69, 9.17) is 22.9 Å². The molecule has 0 saturated carbocycles. The normalized spacial score (nSPS) is 18.2. The van der Waals surface area contributed by atoms with Crippen LogP contribution in [0.2, 0.25) is 0 Å². The quantitative estimate of drug-likeness (QED) is 0.0268. The fraction of sp³-hybridized carbons (Fsp3) is 0.674. The maximum absolute atomic E-state index is 14.3. The van der Waals surface area contributed by atoms with E-state index in [-0.39, 0.29) is 56.5 Å². The van der Waals surface area contributed by atoms with Crippen LogP contribution in [0.25, 0.3) is 0 Å². The van der Waals surface area contributed by atoms with Gasteiger partial charge in [0.2, 0.25) is 35.4 Å². The molecule has 358 valence electrons. The van der Waals surface area contributed by atoms with Gasteiger partial charge in [0.15, 0.2) is 5.96 Å². The van der Waals surface area contributed by atoms with Gasteiger partial charge in [0.05, 0.1) is 12.1 Å². The number of carbonyl (C=O) groups is 7. The van der Waals surface area contributed by atoms with E-state index in [0.29, 0.717) is 77.3 Å². The average molecular weight is 902 g/mol. The number of phenols is 1. The zero-order chi connectivity index (χ0) is 47.2. The van der Waals surface area contributed by atoms with Gasteiger partial charge in [-0.1, -0.05) is 37.8 Å². The van der Waals surface area contributed by atoms with Crippen molar-refractivity contribution in [2.75, 3.05) is 32.7 Å². The minimum atomic E-state index is -1.38. The molecule has 0 spiro atoms. The predicted octanol–water partition coefficient (Wildman–Crippen LogP) is -1.20. The van der Waals surface area contributed by atoms with Gasteiger partial charge >= 0.3 is 5.97 Å². The van der Waals surface area contributed by atoms with Crippen molar-refractivity contribution in [2.45, 2.75) is 152 Å². The van der Waals surface area contributed by atoms with Crippen molar-refractivity contribution >= 4 is 47.4 Å². The number of aliphatic hydroxyl groups is 1. The molecule has 0 aliphatic carbocycles. The van der Waals surface area contributed by atoms with E-state index < -0.39 is 77.9 Å². The summed E-state index contributed by atoms with van der Waals surface area (Å²) in [6, 6.07) is 0.111. The van der Waals surface area contributed by atoms with Crippen LogP contribution in [0.4, 0.5) is 0 Å². The molecule has 21 nitrogen and oxygen atoms in total. The molecule has 21 heteroatoms. The van der Waals surface area contributed by atoms with Crippen LogP contribution in [0.5, 0.6) is 5.75 Å². The highest BCUT2D eigenvalue weighted by molar-refractivity contribution is 5.96. The summed E-state index contributed by atoms with van der Waals surface area (Å²) in [6.45, 7) is 2.85. The van der Waals surface area contributed by atoms with E-state index in [1.807, 2.05) is 0 Å². The number of guanidine groups is 1. The number of amides is 6. The molecule has 2 fully saturated rings. The van der Waals surface area contributed by atoms with Gasteiger partial charge in [0.25, 0.3) is 0 Å². The number of carboxylic acid groups (broad SMARTS) is 1. The Labute approximate surface area is 374 Å². The first kappa shape index (κ1) is 52.8. The number of likely N-dealkylation sites (tertiary alicyclic amines) is 2. The number of benzene rings is 1. The Morgan fingerprint density at radius 1 is 0.797 bits per heavy atom. The molecule has 0 radical (unpaired) electrons. The van der Waals surface area contributed by atoms with E-state index in [9.17, 15) is 48.9 Å². The van der Waals surface area contributed by atoms with Crippen molar-refractivity contribution in [1.29, 1.82) is 0 Å². The fourth-order valence-electron chi connectivity index (χ4n) is 7.94. The van der Waals surface area contributed by atoms with E-state index in [1.54, 1.807) is 12.1 Å². The molecular formula is C43H71N11O10. The van der Waals surface area contributed by atoms with Gasteiger partial charge in [0, 0.05) is 32.6 Å². The number of aliphatic imine (C=N–C) groups is 1. The summed E-state index contributed by atoms with van der Waals surface area (Å²) in [5, 5.41) is 40.5. The van der Waals surface area contributed by atoms with Crippen LogP contribution in [-0.4, -0.2) is 148 Å². The van der Waals surface area contributed by atoms with Crippen molar-refractivity contribution in [3.05, 3.63) is 29.8 Å². The Morgan fingerprint density at radius 2 is 1.44 bits per heavy atom. The molecule has 2 heterocycles. The lowest BCUT2D eigenvalue weighted by Gasteiger charge is -2.33. The van der Waals surface area contributed by atoms with Crippen molar-refractivity contribution in [2.24, 2.45) is 27.9 Å². The summed E-state index contributed by atoms with van der Waals surface area (Å²) < 4.78 is 0. The number of aliphatic hydroxyl groups excluding tert-OH is 1. The number of carboxylic acids is 1. The van der Waals surface area contributed by atoms with Gasteiger partial charge in [-0.05, 0) is 102 Å². The molecule has 2 aliphatic heterocycles. The SMILES string of the molecule is CC(O)C(NC(=O)CCCCCNC(=O)C(N)Cc1ccc(O)cc1)C(=O)NC(CCCCCCN)C(=O)N1CCCC1C(=O)N1CCCC1C(=O)N[C@H](CCCN=C(N)N)C(=O)O. The Kier molecular flexibility index (Phi) is 22.8. The molecule has 6 unspecified atom stereocenters. The number of hydrogen-bond donors (Lipinski definition) is 11. The molecule has 2 saturated heterocycles. The Morgan fingerprint density at radius 3 is 2.09 bits per heavy atom. The lowest BCUT2D eigenvalue weighted by Crippen LogP contribution is -2.59. The van der Waals surface area contributed by atoms with E-state index in [0.717, 1.165) is 24.8 Å². The van der Waals surface area contributed by atoms with Crippen molar-refractivity contribution in [3.8, 4) is 5.75 Å². The summed E-state index contributed by atoms with van der Waals surface area (Å²) in [7, 11) is 0. The molecule has 0 bridgehead atoms. The molecule has 1 aromatic rings. The number of phenolic OH excluding ortho intramolecular Hbond substituents is 1. The number of rotatable bonds is 28. The van der Waals surface area contributed by atoms with Crippen molar-refractivity contribution in [3.63, 3.8) is 0 Å². The monoisotopic (exact) mass is 902 g/mol. The van der Waals surface area contributed by atoms with Crippen molar-refractivity contribution < 1.29 is 48.9 Å². The van der Waals surface area contributed by atoms with Crippen LogP contribution >= 0.6 is 0 Å². The lowest BCUT2D eigenvalue weighted by atomic mass is 10.0. The predicted molar refractivity (Wildman–Crippen MR) is 238 cm³/mol. The molecule has 64 heavy (non-hydrogen) atoms. The standard InChI is InChI=1S/C43H71N11O10/c1-27(55)36(52-35(57)16-6-4-8-22-48-37(58)30(45)26-28-17-19-29(56)20-18-28)39(60)50-31(12-5-2-3-7-21-44)40(61)54-25-11-15-34(54)41(62)53-24-10-14-33(53)38(59)51-32(42(63)64)13-9-23-49-43(46)47/h17-20,27,30-34,36,55-56H,2-16,21-26,44-45H2,1H3,(H,48,58)(H,50,60)(H,51,59)(H,52,57)(H,63,64)(H4,46,47,49)/t27?,30?,31?,32-,33?,34?,36?/m1/s1. The topological polar surface area (TPSA) is 351 Å². The third-order valence-electron chi connectivity index (χ3n) is 11.5. The fourth-order valence-corrected chi connectivity index (χ4v) is 7.94. The number of aliphatic carboxylic acids is 1. The van der Waals surface area contributed by atoms with Gasteiger partial charge in [-0.15, -0.1) is 0 Å². The Balaban J connectivity index is 1.58. The summed E-state index contributed by atoms with van der Waals surface area (Å²) >= 11 is 0. The maximum Gasteiger partial charge on any atom is 0.326 e. The van der Waals surface area contributed by atoms with Gasteiger partial charge in [-0.3, -0.25) is 33.8 Å². The first-order chi connectivity index (χ1) is 30.5. The van der Waals surface area contributed by atoms with Crippen molar-refractivity contribution in [1.82, 2.24) is 31.1 Å². The first-order valence-electron chi connectivity index (χ1n) is 22.5. The molecule has 7 atom stereocenters. The lowest BCUT2D eigenvalue weighted by molar-refractivity contribution is -0.149. The molecular weight excluding hydrogens is 831 g/mol. The molecule has 15 N–H and O–H groups in total. The van der Waals surface area contributed by atoms with Gasteiger partial charge in [-0.2, -0.15) is 0 Å². The Bertz CT molecular complexity index is 1730. The van der Waals surface area contributed by atoms with Crippen LogP contribution in [0.1, 0.15) is 109 Å². The van der Waals surface area contributed by atoms with Gasteiger partial charge in [0.1, 0.15) is 36.0 Å². The van der Waals surface area contributed by atoms with Crippen LogP contribution < -0.4 is 44.2 Å². The second kappa shape index (κ2) is 27.6. The van der Waals surface area contributed by atoms with Crippen LogP contribution in [0.15, 0.2) is 29.3 Å². The minimum Gasteiger partial charge on any atom is -0.508 e. The van der Waals surface area contributed by atoms with E-state index in [1.165, 1.54) is 28.9 Å². The highest BCUT2D eigenvalue weighted by Crippen LogP contribution is 2.27. The van der Waals surface area contributed by atoms with Crippen LogP contribution in [-0.2, 0) is 40.0 Å². The van der Waals surface area contributed by atoms with Gasteiger partial charge in [-0.25, -0.2) is 4.79 Å². The number of nitrogens with two attached hydrogens (primary N) is 4. The summed E-state index contributed by atoms with van der Waals surface area (Å²) in [4.78, 5) is 99.6. The highest BCUT2D eigenvalue weighted by Gasteiger charge is 2.44. The summed E-state index contributed by atoms with van der Waals surface area (Å²) in [5.74, 6) is -4.38. The number of nitrogens with one attached hydrogen (secondary N) is 4. The third kappa shape index (κ3) is 17.6. The zero-order valence-electron chi connectivity index (χ0n) is 37.1. The zero-order valence-corrected chi connectivity index (χ0v) is 37.1. The number of nitrogens with zero attached hydrogens (tertiary/aromatic N) is 3. The second-order valence-corrected chi connectivity index (χ2v) is 16.6. The summed E-state index contributed by atoms with van der Waals surface area (Å²) in [6.07, 6.45) is 5.67. The third-order valence-corrected chi connectivity index (χ3v) is 11.5. The minimum absolute atomic E-state index is 0.0395. The Hall–Kier alpha value is -5.54.